The molecule has 1 aromatic rings. The highest BCUT2D eigenvalue weighted by atomic mass is 16.5. The van der Waals surface area contributed by atoms with Crippen LogP contribution in [0.1, 0.15) is 23.7 Å². The van der Waals surface area contributed by atoms with Gasteiger partial charge in [-0.15, -0.1) is 0 Å². The third-order valence-electron chi connectivity index (χ3n) is 3.77. The average Bonchev–Trinajstić information content (AvgIpc) is 2.67. The van der Waals surface area contributed by atoms with Gasteiger partial charge in [0, 0.05) is 32.1 Å². The van der Waals surface area contributed by atoms with Crippen molar-refractivity contribution in [3.63, 3.8) is 0 Å². The predicted octanol–water partition coefficient (Wildman–Crippen LogP) is 0.854. The number of esters is 1. The Labute approximate surface area is 158 Å². The zero-order chi connectivity index (χ0) is 20.4. The zero-order valence-corrected chi connectivity index (χ0v) is 16.3. The number of carbonyl (C=O) groups excluding carboxylic acids is 3. The number of nitrogens with zero attached hydrogens (tertiary/aromatic N) is 1. The van der Waals surface area contributed by atoms with E-state index < -0.39 is 5.97 Å². The van der Waals surface area contributed by atoms with Crippen molar-refractivity contribution in [2.75, 3.05) is 48.1 Å². The van der Waals surface area contributed by atoms with E-state index in [2.05, 4.69) is 10.1 Å². The average molecular weight is 382 g/mol. The van der Waals surface area contributed by atoms with E-state index in [1.54, 1.807) is 0 Å². The summed E-state index contributed by atoms with van der Waals surface area (Å²) < 4.78 is 20.4. The SMILES string of the molecule is COC(=O)CCN(CCNC(C)=O)C(=O)c1cc(OC)c(OC)c(OC)c1. The fraction of sp³-hybridized carbons (Fsp3) is 0.500. The molecule has 9 nitrogen and oxygen atoms in total. The van der Waals surface area contributed by atoms with Crippen LogP contribution in [0.15, 0.2) is 12.1 Å². The molecule has 0 saturated heterocycles. The van der Waals surface area contributed by atoms with Gasteiger partial charge in [-0.2, -0.15) is 0 Å². The smallest absolute Gasteiger partial charge is 0.307 e. The summed E-state index contributed by atoms with van der Waals surface area (Å²) in [5, 5.41) is 2.63. The maximum atomic E-state index is 13.0. The van der Waals surface area contributed by atoms with Gasteiger partial charge >= 0.3 is 5.97 Å². The van der Waals surface area contributed by atoms with Crippen LogP contribution in [0, 0.1) is 0 Å². The summed E-state index contributed by atoms with van der Waals surface area (Å²) in [6, 6.07) is 3.07. The van der Waals surface area contributed by atoms with Gasteiger partial charge in [-0.3, -0.25) is 14.4 Å². The van der Waals surface area contributed by atoms with Crippen LogP contribution in [0.2, 0.25) is 0 Å². The number of benzene rings is 1. The molecule has 0 unspecified atom stereocenters. The minimum absolute atomic E-state index is 0.0345. The summed E-state index contributed by atoms with van der Waals surface area (Å²) in [5.41, 5.74) is 0.303. The summed E-state index contributed by atoms with van der Waals surface area (Å²) >= 11 is 0. The second-order valence-corrected chi connectivity index (χ2v) is 5.52. The van der Waals surface area contributed by atoms with Gasteiger partial charge in [-0.1, -0.05) is 0 Å². The molecule has 0 aliphatic rings. The van der Waals surface area contributed by atoms with Crippen LogP contribution in [-0.2, 0) is 14.3 Å². The molecule has 2 amide bonds. The summed E-state index contributed by atoms with van der Waals surface area (Å²) in [4.78, 5) is 37.0. The van der Waals surface area contributed by atoms with Crippen molar-refractivity contribution in [2.24, 2.45) is 0 Å². The molecule has 0 spiro atoms. The van der Waals surface area contributed by atoms with Gasteiger partial charge in [-0.05, 0) is 12.1 Å². The van der Waals surface area contributed by atoms with Crippen LogP contribution in [0.3, 0.4) is 0 Å². The van der Waals surface area contributed by atoms with E-state index in [1.165, 1.54) is 52.4 Å². The number of rotatable bonds is 10. The number of nitrogens with one attached hydrogen (secondary N) is 1. The highest BCUT2D eigenvalue weighted by Gasteiger charge is 2.22. The molecule has 27 heavy (non-hydrogen) atoms. The first-order valence-electron chi connectivity index (χ1n) is 8.28. The Kier molecular flexibility index (Phi) is 8.91. The Morgan fingerprint density at radius 2 is 1.56 bits per heavy atom. The first kappa shape index (κ1) is 22.1. The highest BCUT2D eigenvalue weighted by molar-refractivity contribution is 5.96. The molecular formula is C18H26N2O7. The lowest BCUT2D eigenvalue weighted by Gasteiger charge is -2.23. The topological polar surface area (TPSA) is 103 Å². The molecule has 150 valence electrons. The third-order valence-corrected chi connectivity index (χ3v) is 3.77. The summed E-state index contributed by atoms with van der Waals surface area (Å²) in [6.07, 6.45) is 0.0345. The third kappa shape index (κ3) is 6.36. The van der Waals surface area contributed by atoms with Crippen molar-refractivity contribution in [3.05, 3.63) is 17.7 Å². The van der Waals surface area contributed by atoms with Crippen LogP contribution >= 0.6 is 0 Å². The number of amides is 2. The van der Waals surface area contributed by atoms with Crippen molar-refractivity contribution in [3.8, 4) is 17.2 Å². The minimum atomic E-state index is -0.433. The molecule has 9 heteroatoms. The predicted molar refractivity (Wildman–Crippen MR) is 97.3 cm³/mol. The van der Waals surface area contributed by atoms with Crippen LogP contribution in [0.25, 0.3) is 0 Å². The normalized spacial score (nSPS) is 9.96. The van der Waals surface area contributed by atoms with E-state index in [0.717, 1.165) is 0 Å². The summed E-state index contributed by atoms with van der Waals surface area (Å²) in [6.45, 7) is 2.01. The monoisotopic (exact) mass is 382 g/mol. The van der Waals surface area contributed by atoms with E-state index >= 15 is 0 Å². The number of methoxy groups -OCH3 is 4. The Morgan fingerprint density at radius 1 is 0.963 bits per heavy atom. The number of hydrogen-bond donors (Lipinski definition) is 1. The molecule has 0 bridgehead atoms. The van der Waals surface area contributed by atoms with Gasteiger partial charge in [0.1, 0.15) is 0 Å². The van der Waals surface area contributed by atoms with Gasteiger partial charge in [-0.25, -0.2) is 0 Å². The van der Waals surface area contributed by atoms with Crippen molar-refractivity contribution < 1.29 is 33.3 Å². The van der Waals surface area contributed by atoms with Crippen LogP contribution in [0.5, 0.6) is 17.2 Å². The van der Waals surface area contributed by atoms with E-state index in [1.807, 2.05) is 0 Å². The lowest BCUT2D eigenvalue weighted by Crippen LogP contribution is -2.39. The van der Waals surface area contributed by atoms with Crippen LogP contribution in [0.4, 0.5) is 0 Å². The number of hydrogen-bond acceptors (Lipinski definition) is 7. The van der Waals surface area contributed by atoms with Crippen molar-refractivity contribution in [1.29, 1.82) is 0 Å². The highest BCUT2D eigenvalue weighted by Crippen LogP contribution is 2.38. The Bertz CT molecular complexity index is 651. The van der Waals surface area contributed by atoms with Crippen molar-refractivity contribution in [1.82, 2.24) is 10.2 Å². The van der Waals surface area contributed by atoms with Gasteiger partial charge in [0.05, 0.1) is 34.9 Å². The van der Waals surface area contributed by atoms with Gasteiger partial charge in [0.15, 0.2) is 11.5 Å². The quantitative estimate of drug-likeness (QED) is 0.599. The lowest BCUT2D eigenvalue weighted by atomic mass is 10.1. The van der Waals surface area contributed by atoms with E-state index in [4.69, 9.17) is 14.2 Å². The zero-order valence-electron chi connectivity index (χ0n) is 16.3. The fourth-order valence-corrected chi connectivity index (χ4v) is 2.40. The molecule has 0 heterocycles. The molecule has 0 aromatic heterocycles. The first-order chi connectivity index (χ1) is 12.9. The molecule has 0 fully saturated rings. The Hall–Kier alpha value is -2.97. The Balaban J connectivity index is 3.10. The number of ether oxygens (including phenoxy) is 4. The van der Waals surface area contributed by atoms with Gasteiger partial charge < -0.3 is 29.2 Å². The van der Waals surface area contributed by atoms with Gasteiger partial charge in [0.2, 0.25) is 11.7 Å². The maximum Gasteiger partial charge on any atom is 0.307 e. The van der Waals surface area contributed by atoms with Crippen molar-refractivity contribution in [2.45, 2.75) is 13.3 Å². The molecular weight excluding hydrogens is 356 g/mol. The molecule has 0 saturated carbocycles. The fourth-order valence-electron chi connectivity index (χ4n) is 2.40. The molecule has 0 aliphatic heterocycles. The number of carbonyl (C=O) groups is 3. The van der Waals surface area contributed by atoms with Gasteiger partial charge in [0.25, 0.3) is 5.91 Å². The maximum absolute atomic E-state index is 13.0. The second kappa shape index (κ2) is 10.9. The molecule has 1 rings (SSSR count). The first-order valence-corrected chi connectivity index (χ1v) is 8.28. The largest absolute Gasteiger partial charge is 0.493 e. The van der Waals surface area contributed by atoms with Crippen LogP contribution in [-0.4, -0.2) is 70.8 Å². The van der Waals surface area contributed by atoms with Crippen LogP contribution < -0.4 is 19.5 Å². The standard InChI is InChI=1S/C18H26N2O7/c1-12(21)19-7-9-20(8-6-16(22)26-4)18(23)13-10-14(24-2)17(27-5)15(11-13)25-3/h10-11H,6-9H2,1-5H3,(H,19,21). The van der Waals surface area contributed by atoms with E-state index in [9.17, 15) is 14.4 Å². The second-order valence-electron chi connectivity index (χ2n) is 5.52. The Morgan fingerprint density at radius 3 is 2.00 bits per heavy atom. The molecule has 1 N–H and O–H groups in total. The summed E-state index contributed by atoms with van der Waals surface area (Å²) in [5.74, 6) is 0.0738. The summed E-state index contributed by atoms with van der Waals surface area (Å²) in [7, 11) is 5.66. The molecule has 0 aliphatic carbocycles. The van der Waals surface area contributed by atoms with E-state index in [-0.39, 0.29) is 37.9 Å². The molecule has 0 radical (unpaired) electrons. The molecule has 0 atom stereocenters. The lowest BCUT2D eigenvalue weighted by molar-refractivity contribution is -0.140. The van der Waals surface area contributed by atoms with E-state index in [0.29, 0.717) is 22.8 Å². The minimum Gasteiger partial charge on any atom is -0.493 e. The van der Waals surface area contributed by atoms with Crippen molar-refractivity contribution >= 4 is 17.8 Å². The molecule has 1 aromatic carbocycles.